The van der Waals surface area contributed by atoms with Gasteiger partial charge in [0, 0.05) is 35.0 Å². The fraction of sp³-hybridized carbons (Fsp3) is 0.207. The lowest BCUT2D eigenvalue weighted by molar-refractivity contribution is -0.140. The summed E-state index contributed by atoms with van der Waals surface area (Å²) in [6.45, 7) is 0.386. The normalized spacial score (nSPS) is 11.8. The molecule has 0 radical (unpaired) electrons. The maximum Gasteiger partial charge on any atom is 0.419 e. The van der Waals surface area contributed by atoms with E-state index in [4.69, 9.17) is 9.47 Å². The molecule has 0 atom stereocenters. The lowest BCUT2D eigenvalue weighted by atomic mass is 10.1. The zero-order chi connectivity index (χ0) is 33.1. The van der Waals surface area contributed by atoms with Crippen LogP contribution < -0.4 is 20.7 Å². The monoisotopic (exact) mass is 657 g/mol. The highest BCUT2D eigenvalue weighted by atomic mass is 32.1. The van der Waals surface area contributed by atoms with Gasteiger partial charge in [0.05, 0.1) is 36.1 Å². The van der Waals surface area contributed by atoms with Crippen LogP contribution in [-0.2, 0) is 17.1 Å². The van der Waals surface area contributed by atoms with Crippen molar-refractivity contribution in [1.82, 2.24) is 5.32 Å². The molecule has 0 aliphatic carbocycles. The smallest absolute Gasteiger partial charge is 0.419 e. The number of hydrogen-bond donors (Lipinski definition) is 3. The Morgan fingerprint density at radius 2 is 1.56 bits per heavy atom. The van der Waals surface area contributed by atoms with Crippen molar-refractivity contribution in [3.8, 4) is 5.75 Å². The molecule has 4 aromatic rings. The highest BCUT2D eigenvalue weighted by molar-refractivity contribution is 7.21. The maximum absolute atomic E-state index is 13.8. The van der Waals surface area contributed by atoms with E-state index in [2.05, 4.69) is 16.0 Å². The molecule has 0 saturated heterocycles. The first-order chi connectivity index (χ1) is 21.1. The van der Waals surface area contributed by atoms with Crippen LogP contribution in [0.5, 0.6) is 5.75 Å². The van der Waals surface area contributed by atoms with Gasteiger partial charge in [-0.25, -0.2) is 4.39 Å². The molecule has 16 heteroatoms. The molecule has 3 amide bonds. The predicted molar refractivity (Wildman–Crippen MR) is 151 cm³/mol. The van der Waals surface area contributed by atoms with Gasteiger partial charge in [-0.1, -0.05) is 6.07 Å². The lowest BCUT2D eigenvalue weighted by Gasteiger charge is -2.13. The molecule has 3 N–H and O–H groups in total. The van der Waals surface area contributed by atoms with Crippen molar-refractivity contribution in [2.75, 3.05) is 38.0 Å². The third kappa shape index (κ3) is 7.51. The Labute approximate surface area is 254 Å². The fourth-order valence-corrected chi connectivity index (χ4v) is 5.23. The van der Waals surface area contributed by atoms with E-state index in [1.165, 1.54) is 32.4 Å². The number of nitrogens with one attached hydrogen (secondary N) is 3. The number of carbonyl (C=O) groups excluding carboxylic acids is 3. The van der Waals surface area contributed by atoms with E-state index in [1.807, 2.05) is 0 Å². The maximum atomic E-state index is 13.8. The Bertz CT molecular complexity index is 1770. The number of amides is 3. The average molecular weight is 658 g/mol. The molecular formula is C29H22F7N3O5S. The van der Waals surface area contributed by atoms with Gasteiger partial charge in [-0.2, -0.15) is 26.3 Å². The van der Waals surface area contributed by atoms with Gasteiger partial charge in [0.1, 0.15) is 16.4 Å². The summed E-state index contributed by atoms with van der Waals surface area (Å²) in [6, 6.07) is 8.13. The summed E-state index contributed by atoms with van der Waals surface area (Å²) in [4.78, 5) is 39.0. The predicted octanol–water partition coefficient (Wildman–Crippen LogP) is 6.97. The van der Waals surface area contributed by atoms with Crippen LogP contribution in [0.4, 0.5) is 42.1 Å². The Kier molecular flexibility index (Phi) is 9.68. The minimum Gasteiger partial charge on any atom is -0.496 e. The number of thiophene rings is 1. The molecular weight excluding hydrogens is 635 g/mol. The number of halogens is 7. The van der Waals surface area contributed by atoms with Gasteiger partial charge in [0.15, 0.2) is 0 Å². The van der Waals surface area contributed by atoms with Gasteiger partial charge < -0.3 is 25.4 Å². The highest BCUT2D eigenvalue weighted by Gasteiger charge is 2.35. The molecule has 8 nitrogen and oxygen atoms in total. The average Bonchev–Trinajstić information content (AvgIpc) is 3.34. The van der Waals surface area contributed by atoms with E-state index in [1.54, 1.807) is 0 Å². The molecule has 0 spiro atoms. The molecule has 0 saturated carbocycles. The molecule has 0 fully saturated rings. The number of carbonyl (C=O) groups is 3. The van der Waals surface area contributed by atoms with Crippen LogP contribution in [0.1, 0.15) is 41.5 Å². The molecule has 238 valence electrons. The molecule has 0 aliphatic rings. The topological polar surface area (TPSA) is 106 Å². The fourth-order valence-electron chi connectivity index (χ4n) is 4.14. The number of anilines is 2. The SMILES string of the molecule is COCCNC(=O)c1ccc(OC)c(C(=O)Nc2c(C(=O)Nc3ccc(F)c(C(F)(F)F)c3)sc3cc(C(F)(F)F)ccc23)c1. The second kappa shape index (κ2) is 13.1. The van der Waals surface area contributed by atoms with Gasteiger partial charge in [-0.15, -0.1) is 11.3 Å². The van der Waals surface area contributed by atoms with Crippen molar-refractivity contribution in [3.63, 3.8) is 0 Å². The summed E-state index contributed by atoms with van der Waals surface area (Å²) in [5, 5.41) is 7.23. The van der Waals surface area contributed by atoms with E-state index in [0.717, 1.165) is 24.3 Å². The molecule has 0 bridgehead atoms. The van der Waals surface area contributed by atoms with E-state index < -0.39 is 52.7 Å². The number of fused-ring (bicyclic) bond motifs is 1. The van der Waals surface area contributed by atoms with E-state index in [9.17, 15) is 45.1 Å². The van der Waals surface area contributed by atoms with E-state index >= 15 is 0 Å². The van der Waals surface area contributed by atoms with Crippen molar-refractivity contribution in [2.45, 2.75) is 12.4 Å². The van der Waals surface area contributed by atoms with Crippen LogP contribution in [0.15, 0.2) is 54.6 Å². The third-order valence-electron chi connectivity index (χ3n) is 6.29. The second-order valence-electron chi connectivity index (χ2n) is 9.28. The minimum atomic E-state index is -5.08. The van der Waals surface area contributed by atoms with Crippen LogP contribution >= 0.6 is 11.3 Å². The molecule has 1 aromatic heterocycles. The third-order valence-corrected chi connectivity index (χ3v) is 7.44. The number of benzene rings is 3. The largest absolute Gasteiger partial charge is 0.496 e. The zero-order valence-electron chi connectivity index (χ0n) is 23.2. The van der Waals surface area contributed by atoms with Gasteiger partial charge in [0.2, 0.25) is 0 Å². The zero-order valence-corrected chi connectivity index (χ0v) is 24.0. The summed E-state index contributed by atoms with van der Waals surface area (Å²) in [5.74, 6) is -4.15. The second-order valence-corrected chi connectivity index (χ2v) is 10.3. The molecule has 45 heavy (non-hydrogen) atoms. The van der Waals surface area contributed by atoms with Gasteiger partial charge >= 0.3 is 12.4 Å². The van der Waals surface area contributed by atoms with Crippen LogP contribution in [-0.4, -0.2) is 45.1 Å². The number of ether oxygens (including phenoxy) is 2. The van der Waals surface area contributed by atoms with Crippen molar-refractivity contribution >= 4 is 50.5 Å². The standard InChI is InChI=1S/C29H22F7N3O5S/c1-43-10-9-37-25(40)14-3-8-21(44-2)18(11-14)26(41)39-23-17-6-4-15(28(31,32)33)12-22(17)45-24(23)27(42)38-16-5-7-20(30)19(13-16)29(34,35)36/h3-8,11-13H,9-10H2,1-2H3,(H,37,40)(H,38,42)(H,39,41). The summed E-state index contributed by atoms with van der Waals surface area (Å²) >= 11 is 0.531. The van der Waals surface area contributed by atoms with Gasteiger partial charge in [-0.3, -0.25) is 14.4 Å². The van der Waals surface area contributed by atoms with E-state index in [0.29, 0.717) is 23.5 Å². The minimum absolute atomic E-state index is 0.00835. The Morgan fingerprint density at radius 3 is 2.20 bits per heavy atom. The molecule has 0 aliphatic heterocycles. The molecule has 4 rings (SSSR count). The van der Waals surface area contributed by atoms with Crippen LogP contribution in [0.3, 0.4) is 0 Å². The molecule has 0 unspecified atom stereocenters. The van der Waals surface area contributed by atoms with Crippen molar-refractivity contribution in [1.29, 1.82) is 0 Å². The Morgan fingerprint density at radius 1 is 0.822 bits per heavy atom. The summed E-state index contributed by atoms with van der Waals surface area (Å²) in [5.41, 5.74) is -3.56. The lowest BCUT2D eigenvalue weighted by Crippen LogP contribution is -2.27. The number of rotatable bonds is 9. The first-order valence-electron chi connectivity index (χ1n) is 12.7. The Balaban J connectivity index is 1.76. The summed E-state index contributed by atoms with van der Waals surface area (Å²) < 4.78 is 104. The molecule has 1 heterocycles. The summed E-state index contributed by atoms with van der Waals surface area (Å²) in [7, 11) is 2.69. The molecule has 3 aromatic carbocycles. The highest BCUT2D eigenvalue weighted by Crippen LogP contribution is 2.41. The van der Waals surface area contributed by atoms with Gasteiger partial charge in [0.25, 0.3) is 17.7 Å². The Hall–Kier alpha value is -4.70. The van der Waals surface area contributed by atoms with E-state index in [-0.39, 0.29) is 50.7 Å². The first-order valence-corrected chi connectivity index (χ1v) is 13.5. The van der Waals surface area contributed by atoms with Gasteiger partial charge in [-0.05, 0) is 48.5 Å². The van der Waals surface area contributed by atoms with Crippen LogP contribution in [0, 0.1) is 5.82 Å². The number of alkyl halides is 6. The van der Waals surface area contributed by atoms with Crippen LogP contribution in [0.25, 0.3) is 10.1 Å². The first kappa shape index (κ1) is 33.2. The number of hydrogen-bond acceptors (Lipinski definition) is 6. The van der Waals surface area contributed by atoms with Crippen LogP contribution in [0.2, 0.25) is 0 Å². The quantitative estimate of drug-likeness (QED) is 0.133. The number of methoxy groups -OCH3 is 2. The van der Waals surface area contributed by atoms with Crippen molar-refractivity contribution in [2.24, 2.45) is 0 Å². The van der Waals surface area contributed by atoms with Crippen molar-refractivity contribution in [3.05, 3.63) is 87.5 Å². The summed E-state index contributed by atoms with van der Waals surface area (Å²) in [6.07, 6.45) is -9.83. The van der Waals surface area contributed by atoms with Crippen molar-refractivity contribution < 1.29 is 54.6 Å².